The summed E-state index contributed by atoms with van der Waals surface area (Å²) in [7, 11) is 1.73. The number of nitrogens with one attached hydrogen (secondary N) is 4. The normalized spacial score (nSPS) is 20.0. The number of rotatable bonds is 30. The number of aryl methyl sites for hydroxylation is 5. The molecule has 9 aliphatic heterocycles. The molecular formula is C121H162N14O6. The van der Waals surface area contributed by atoms with Crippen molar-refractivity contribution in [1.82, 2.24) is 49.4 Å². The monoisotopic (exact) mass is 1910 g/mol. The van der Waals surface area contributed by atoms with Gasteiger partial charge in [-0.3, -0.25) is 19.9 Å². The van der Waals surface area contributed by atoms with Gasteiger partial charge in [-0.25, -0.2) is 4.98 Å². The zero-order valence-electron chi connectivity index (χ0n) is 87.5. The van der Waals surface area contributed by atoms with Crippen molar-refractivity contribution in [2.75, 3.05) is 160 Å². The van der Waals surface area contributed by atoms with Crippen LogP contribution in [0.4, 0.5) is 22.7 Å². The standard InChI is InChI=1S/C26H37N3O2.C26H30N2O.2C24H33N3O.C21H29N3O/c1-26(2)17-20-24(18-9-4-5-10-18)27-21-16-23(22(30-3)15-19(21)25(20)28-26)31-14-8-13-29-11-6-7-12-29;1-19-17-23-21-11-7-12-22(21)26(20-9-3-2-4-10-20)27-24(23)18-25(19)29-16-8-15-28-13-5-6-14-28;1-16-13-18-20(14-21(16)28-12-6-11-27-9-4-5-10-27)25-22(17-7-8-17)19-15-24(2,3)26-23(18)19;1-16-14-20-21(15-22(16)28-13-5-12-27-10-3-4-11-27)26-23(18-7-8-18)19-9-6-17(2)25-24(19)20;1-15-11-17-18(22-14-16-13-21(2,3)23-20(16)17)12-19(15)25-10-6-9-24-7-4-5-8-24/h15-16,18,28H,4-14,17H2,1-3H3;2-4,9-10,17-18H,5-8,11-16H2,1H3;13-14,17,26H,4-12,15H2,1-3H3;14-15,17-18,25H,3-13H2,1-2H3;11-12,14,23H,4-10,13H2,1-3H3. The molecule has 141 heavy (non-hydrogen) atoms. The molecular weight excluding hydrogens is 1750 g/mol. The summed E-state index contributed by atoms with van der Waals surface area (Å²) in [6.45, 7) is 46.7. The molecule has 5 saturated heterocycles. The van der Waals surface area contributed by atoms with Gasteiger partial charge in [-0.2, -0.15) is 0 Å². The molecule has 8 fully saturated rings. The van der Waals surface area contributed by atoms with Gasteiger partial charge in [0.1, 0.15) is 23.0 Å². The second kappa shape index (κ2) is 44.0. The Balaban J connectivity index is 0.000000108. The molecule has 13 aliphatic rings. The summed E-state index contributed by atoms with van der Waals surface area (Å²) in [5.41, 5.74) is 30.6. The van der Waals surface area contributed by atoms with E-state index in [1.807, 2.05) is 6.20 Å². The Hall–Kier alpha value is -9.83. The van der Waals surface area contributed by atoms with Gasteiger partial charge in [0.05, 0.1) is 73.4 Å². The smallest absolute Gasteiger partial charge is 0.163 e. The first-order valence-corrected chi connectivity index (χ1v) is 55.3. The lowest BCUT2D eigenvalue weighted by Gasteiger charge is -2.28. The van der Waals surface area contributed by atoms with E-state index in [0.29, 0.717) is 30.4 Å². The quantitative estimate of drug-likeness (QED) is 0.0311. The number of aromatic nitrogens is 5. The number of methoxy groups -OCH3 is 1. The summed E-state index contributed by atoms with van der Waals surface area (Å²) in [5.74, 6) is 7.53. The maximum absolute atomic E-state index is 6.21. The van der Waals surface area contributed by atoms with E-state index in [2.05, 4.69) is 218 Å². The van der Waals surface area contributed by atoms with Crippen LogP contribution in [-0.2, 0) is 38.5 Å². The highest BCUT2D eigenvalue weighted by molar-refractivity contribution is 6.00. The molecule has 20 nitrogen and oxygen atoms in total. The van der Waals surface area contributed by atoms with E-state index in [1.54, 1.807) is 7.11 Å². The molecule has 0 spiro atoms. The van der Waals surface area contributed by atoms with Gasteiger partial charge in [-0.1, -0.05) is 43.2 Å². The van der Waals surface area contributed by atoms with E-state index in [9.17, 15) is 0 Å². The molecule has 1 unspecified atom stereocenters. The van der Waals surface area contributed by atoms with Crippen LogP contribution in [0.5, 0.6) is 34.5 Å². The lowest BCUT2D eigenvalue weighted by molar-refractivity contribution is 0.254. The van der Waals surface area contributed by atoms with Crippen molar-refractivity contribution < 1.29 is 28.4 Å². The minimum Gasteiger partial charge on any atom is -0.493 e. The number of ether oxygens (including phenoxy) is 6. The second-order valence-corrected chi connectivity index (χ2v) is 45.8. The largest absolute Gasteiger partial charge is 0.493 e. The van der Waals surface area contributed by atoms with E-state index in [-0.39, 0.29) is 16.6 Å². The Bertz CT molecular complexity index is 6230. The molecule has 20 heteroatoms. The van der Waals surface area contributed by atoms with Crippen LogP contribution in [0.25, 0.3) is 65.8 Å². The number of pyridine rings is 5. The molecule has 0 amide bonds. The third kappa shape index (κ3) is 23.6. The summed E-state index contributed by atoms with van der Waals surface area (Å²) in [4.78, 5) is 38.1. The molecule has 11 aromatic rings. The SMILES string of the molecule is COc1cc2c3c(c(C4CCCC4)nc2cc1OCCCN1CCCC1)CC(C)(C)N3.Cc1cc2c3c(c(-c4ccccc4)nc2cc1OCCCN1CCCC1)CCC3.Cc1cc2c3c(c(C4CC4)nc2cc1OCCCN1CCCC1)CC(C)(C)N3.Cc1cc2c3c(c(C4CC4)nc2cc1OCCCN1CCCC1)CCC(C)N3.Cc1cc2c3c(cnc2cc1OCCCN1CCCC1)CC(C)(C)N3. The van der Waals surface area contributed by atoms with E-state index >= 15 is 0 Å². The Morgan fingerprint density at radius 1 is 0.333 bits per heavy atom. The van der Waals surface area contributed by atoms with Crippen molar-refractivity contribution in [3.63, 3.8) is 0 Å². The molecule has 14 heterocycles. The molecule has 752 valence electrons. The minimum atomic E-state index is 0.0592. The van der Waals surface area contributed by atoms with Crippen molar-refractivity contribution >= 4 is 77.3 Å². The maximum atomic E-state index is 6.21. The van der Waals surface area contributed by atoms with Crippen LogP contribution in [-0.4, -0.2) is 210 Å². The zero-order chi connectivity index (χ0) is 96.9. The van der Waals surface area contributed by atoms with Crippen molar-refractivity contribution in [2.45, 2.75) is 316 Å². The molecule has 3 saturated carbocycles. The van der Waals surface area contributed by atoms with Crippen LogP contribution in [0.15, 0.2) is 97.2 Å². The predicted octanol–water partition coefficient (Wildman–Crippen LogP) is 25.3. The number of likely N-dealkylation sites (tertiary alicyclic amines) is 5. The highest BCUT2D eigenvalue weighted by atomic mass is 16.5. The summed E-state index contributed by atoms with van der Waals surface area (Å²) in [6.07, 6.45) is 40.3. The summed E-state index contributed by atoms with van der Waals surface area (Å²) < 4.78 is 36.6. The van der Waals surface area contributed by atoms with Gasteiger partial charge in [0.15, 0.2) is 11.5 Å². The lowest BCUT2D eigenvalue weighted by atomic mass is 9.92. The van der Waals surface area contributed by atoms with Gasteiger partial charge in [-0.15, -0.1) is 0 Å². The molecule has 0 bridgehead atoms. The van der Waals surface area contributed by atoms with Crippen LogP contribution >= 0.6 is 0 Å². The Morgan fingerprint density at radius 2 is 0.695 bits per heavy atom. The van der Waals surface area contributed by atoms with Gasteiger partial charge in [0, 0.05) is 193 Å². The van der Waals surface area contributed by atoms with Gasteiger partial charge >= 0.3 is 0 Å². The zero-order valence-corrected chi connectivity index (χ0v) is 87.5. The summed E-state index contributed by atoms with van der Waals surface area (Å²) in [6, 6.07) is 33.1. The van der Waals surface area contributed by atoms with Crippen molar-refractivity contribution in [3.8, 4) is 45.8 Å². The summed E-state index contributed by atoms with van der Waals surface area (Å²) >= 11 is 0. The number of anilines is 4. The fourth-order valence-corrected chi connectivity index (χ4v) is 24.7. The van der Waals surface area contributed by atoms with Gasteiger partial charge in [0.25, 0.3) is 0 Å². The van der Waals surface area contributed by atoms with Crippen LogP contribution < -0.4 is 49.7 Å². The van der Waals surface area contributed by atoms with Crippen LogP contribution in [0, 0.1) is 27.7 Å². The highest BCUT2D eigenvalue weighted by Crippen LogP contribution is 2.52. The summed E-state index contributed by atoms with van der Waals surface area (Å²) in [5, 5.41) is 21.2. The third-order valence-corrected chi connectivity index (χ3v) is 32.4. The van der Waals surface area contributed by atoms with E-state index in [1.165, 1.54) is 316 Å². The van der Waals surface area contributed by atoms with E-state index in [0.717, 1.165) is 203 Å². The van der Waals surface area contributed by atoms with Crippen molar-refractivity contribution in [3.05, 3.63) is 170 Å². The average molecular weight is 1910 g/mol. The Labute approximate surface area is 840 Å². The Morgan fingerprint density at radius 3 is 1.13 bits per heavy atom. The topological polar surface area (TPSA) is 184 Å². The fraction of sp³-hybridized carbons (Fsp3) is 0.579. The van der Waals surface area contributed by atoms with E-state index in [4.69, 9.17) is 48.4 Å². The van der Waals surface area contributed by atoms with Gasteiger partial charge in [-0.05, 0) is 403 Å². The van der Waals surface area contributed by atoms with Gasteiger partial charge in [0.2, 0.25) is 0 Å². The second-order valence-electron chi connectivity index (χ2n) is 45.8. The van der Waals surface area contributed by atoms with E-state index < -0.39 is 0 Å². The van der Waals surface area contributed by atoms with Crippen LogP contribution in [0.3, 0.4) is 0 Å². The molecule has 24 rings (SSSR count). The first kappa shape index (κ1) is 98.6. The molecule has 5 aromatic heterocycles. The maximum Gasteiger partial charge on any atom is 0.163 e. The average Bonchev–Trinajstić information content (AvgIpc) is 1.60. The molecule has 4 aliphatic carbocycles. The third-order valence-electron chi connectivity index (χ3n) is 32.4. The predicted molar refractivity (Wildman–Crippen MR) is 581 cm³/mol. The minimum absolute atomic E-state index is 0.0592. The van der Waals surface area contributed by atoms with Crippen LogP contribution in [0.1, 0.15) is 299 Å². The molecule has 1 atom stereocenters. The van der Waals surface area contributed by atoms with Crippen molar-refractivity contribution in [1.29, 1.82) is 0 Å². The van der Waals surface area contributed by atoms with Gasteiger partial charge < -0.3 is 74.2 Å². The molecule has 0 radical (unpaired) electrons. The highest BCUT2D eigenvalue weighted by Gasteiger charge is 2.40. The number of hydrogen-bond acceptors (Lipinski definition) is 20. The number of benzene rings is 6. The first-order chi connectivity index (χ1) is 68.5. The molecule has 4 N–H and O–H groups in total. The Kier molecular flexibility index (Phi) is 30.8. The fourth-order valence-electron chi connectivity index (χ4n) is 24.7. The lowest BCUT2D eigenvalue weighted by Crippen LogP contribution is -2.27. The molecule has 6 aromatic carbocycles. The number of hydrogen-bond donors (Lipinski definition) is 4. The van der Waals surface area contributed by atoms with Crippen LogP contribution in [0.2, 0.25) is 0 Å². The first-order valence-electron chi connectivity index (χ1n) is 55.3. The van der Waals surface area contributed by atoms with Crippen molar-refractivity contribution in [2.24, 2.45) is 0 Å². The number of nitrogens with zero attached hydrogens (tertiary/aromatic N) is 10. The number of fused-ring (bicyclic) bond motifs is 15.